The Morgan fingerprint density at radius 2 is 2.25 bits per heavy atom. The number of carbonyl (C=O) groups excluding carboxylic acids is 1. The summed E-state index contributed by atoms with van der Waals surface area (Å²) in [5.41, 5.74) is 12.6. The lowest BCUT2D eigenvalue weighted by Gasteiger charge is -2.52. The van der Waals surface area contributed by atoms with E-state index in [4.69, 9.17) is 27.8 Å². The summed E-state index contributed by atoms with van der Waals surface area (Å²) < 4.78 is 5.77. The predicted molar refractivity (Wildman–Crippen MR) is 77.8 cm³/mol. The minimum Gasteiger partial charge on any atom is -0.378 e. The minimum atomic E-state index is -0.530. The van der Waals surface area contributed by atoms with Gasteiger partial charge in [0.25, 0.3) is 0 Å². The summed E-state index contributed by atoms with van der Waals surface area (Å²) >= 11 is 6.04. The molecule has 3 rings (SSSR count). The molecule has 4 atom stereocenters. The van der Waals surface area contributed by atoms with Crippen molar-refractivity contribution in [1.82, 2.24) is 0 Å². The van der Waals surface area contributed by atoms with Crippen LogP contribution < -0.4 is 16.8 Å². The van der Waals surface area contributed by atoms with Gasteiger partial charge in [-0.2, -0.15) is 0 Å². The highest BCUT2D eigenvalue weighted by molar-refractivity contribution is 6.34. The van der Waals surface area contributed by atoms with E-state index in [1.54, 1.807) is 18.2 Å². The summed E-state index contributed by atoms with van der Waals surface area (Å²) in [6, 6.07) is 5.29. The number of nitrogens with two attached hydrogens (primary N) is 2. The van der Waals surface area contributed by atoms with Gasteiger partial charge in [0.2, 0.25) is 5.91 Å². The van der Waals surface area contributed by atoms with Crippen molar-refractivity contribution in [2.75, 3.05) is 11.9 Å². The van der Waals surface area contributed by atoms with Crippen molar-refractivity contribution >= 4 is 23.2 Å². The van der Waals surface area contributed by atoms with Gasteiger partial charge in [0, 0.05) is 24.3 Å². The molecule has 108 valence electrons. The summed E-state index contributed by atoms with van der Waals surface area (Å²) in [6.07, 6.45) is 2.39. The van der Waals surface area contributed by atoms with Crippen molar-refractivity contribution in [3.63, 3.8) is 0 Å². The molecule has 1 saturated heterocycles. The van der Waals surface area contributed by atoms with E-state index in [1.807, 2.05) is 0 Å². The highest BCUT2D eigenvalue weighted by Gasteiger charge is 2.50. The highest BCUT2D eigenvalue weighted by Crippen LogP contribution is 2.38. The van der Waals surface area contributed by atoms with E-state index in [0.717, 1.165) is 25.1 Å². The number of anilines is 1. The number of carbonyl (C=O) groups is 1. The first-order valence-corrected chi connectivity index (χ1v) is 7.19. The molecule has 20 heavy (non-hydrogen) atoms. The van der Waals surface area contributed by atoms with Crippen LogP contribution in [0, 0.1) is 5.92 Å². The van der Waals surface area contributed by atoms with Crippen LogP contribution in [0.3, 0.4) is 0 Å². The summed E-state index contributed by atoms with van der Waals surface area (Å²) in [4.78, 5) is 11.1. The van der Waals surface area contributed by atoms with Crippen LogP contribution in [-0.2, 0) is 4.74 Å². The number of fused-ring (bicyclic) bond motifs is 1. The number of ether oxygens (including phenoxy) is 1. The van der Waals surface area contributed by atoms with E-state index in [1.165, 1.54) is 0 Å². The van der Waals surface area contributed by atoms with Crippen LogP contribution >= 0.6 is 11.6 Å². The first-order valence-electron chi connectivity index (χ1n) is 6.81. The molecule has 1 saturated carbocycles. The minimum absolute atomic E-state index is 0.0925. The van der Waals surface area contributed by atoms with E-state index >= 15 is 0 Å². The molecule has 1 amide bonds. The van der Waals surface area contributed by atoms with Crippen LogP contribution in [0.25, 0.3) is 0 Å². The molecule has 0 radical (unpaired) electrons. The Kier molecular flexibility index (Phi) is 3.58. The molecule has 2 fully saturated rings. The van der Waals surface area contributed by atoms with Gasteiger partial charge in [-0.05, 0) is 31.0 Å². The zero-order chi connectivity index (χ0) is 14.3. The standard InChI is InChI=1S/C14H18ClN3O2/c15-10-6-7(3-4-8(10)14(17)19)18-12-11(16)9-2-1-5-20-13(9)12/h3-4,6,9,11-13,18H,1-2,5,16H2,(H2,17,19). The Labute approximate surface area is 122 Å². The van der Waals surface area contributed by atoms with E-state index in [0.29, 0.717) is 16.5 Å². The fourth-order valence-corrected chi connectivity index (χ4v) is 3.40. The second-order valence-electron chi connectivity index (χ2n) is 5.45. The molecule has 0 spiro atoms. The highest BCUT2D eigenvalue weighted by atomic mass is 35.5. The lowest BCUT2D eigenvalue weighted by molar-refractivity contribution is -0.104. The molecule has 2 aliphatic rings. The van der Waals surface area contributed by atoms with Crippen LogP contribution in [0.5, 0.6) is 0 Å². The number of hydrogen-bond donors (Lipinski definition) is 3. The Morgan fingerprint density at radius 1 is 1.45 bits per heavy atom. The molecule has 1 aliphatic heterocycles. The lowest BCUT2D eigenvalue weighted by atomic mass is 9.68. The van der Waals surface area contributed by atoms with Gasteiger partial charge in [-0.15, -0.1) is 0 Å². The molecule has 4 unspecified atom stereocenters. The zero-order valence-corrected chi connectivity index (χ0v) is 11.8. The van der Waals surface area contributed by atoms with E-state index in [9.17, 15) is 4.79 Å². The van der Waals surface area contributed by atoms with Gasteiger partial charge in [0.15, 0.2) is 0 Å². The third-order valence-corrected chi connectivity index (χ3v) is 4.56. The molecule has 1 aromatic carbocycles. The number of amides is 1. The Hall–Kier alpha value is -1.30. The van der Waals surface area contributed by atoms with Crippen molar-refractivity contribution in [2.24, 2.45) is 17.4 Å². The molecule has 5 N–H and O–H groups in total. The normalized spacial score (nSPS) is 32.1. The summed E-state index contributed by atoms with van der Waals surface area (Å²) in [7, 11) is 0. The largest absolute Gasteiger partial charge is 0.378 e. The number of benzene rings is 1. The Bertz CT molecular complexity index is 537. The smallest absolute Gasteiger partial charge is 0.250 e. The van der Waals surface area contributed by atoms with E-state index < -0.39 is 5.91 Å². The van der Waals surface area contributed by atoms with Gasteiger partial charge in [-0.1, -0.05) is 11.6 Å². The van der Waals surface area contributed by atoms with Crippen LogP contribution in [0.2, 0.25) is 5.02 Å². The molecule has 0 aromatic heterocycles. The van der Waals surface area contributed by atoms with Crippen molar-refractivity contribution in [3.8, 4) is 0 Å². The van der Waals surface area contributed by atoms with Crippen molar-refractivity contribution in [2.45, 2.75) is 31.0 Å². The molecular formula is C14H18ClN3O2. The van der Waals surface area contributed by atoms with Crippen LogP contribution in [0.4, 0.5) is 5.69 Å². The summed E-state index contributed by atoms with van der Waals surface area (Å²) in [5.74, 6) is -0.0841. The quantitative estimate of drug-likeness (QED) is 0.785. The predicted octanol–water partition coefficient (Wildman–Crippen LogP) is 1.36. The lowest BCUT2D eigenvalue weighted by Crippen LogP contribution is -2.69. The van der Waals surface area contributed by atoms with Crippen molar-refractivity contribution in [1.29, 1.82) is 0 Å². The Morgan fingerprint density at radius 3 is 2.95 bits per heavy atom. The average Bonchev–Trinajstić information content (AvgIpc) is 2.44. The molecular weight excluding hydrogens is 278 g/mol. The fourth-order valence-electron chi connectivity index (χ4n) is 3.12. The molecule has 1 aliphatic carbocycles. The third-order valence-electron chi connectivity index (χ3n) is 4.24. The topological polar surface area (TPSA) is 90.4 Å². The fraction of sp³-hybridized carbons (Fsp3) is 0.500. The van der Waals surface area contributed by atoms with Crippen LogP contribution in [0.15, 0.2) is 18.2 Å². The monoisotopic (exact) mass is 295 g/mol. The average molecular weight is 296 g/mol. The number of halogens is 1. The molecule has 6 heteroatoms. The van der Waals surface area contributed by atoms with E-state index in [-0.39, 0.29) is 18.2 Å². The SMILES string of the molecule is NC(=O)c1ccc(NC2C(N)C3CCCOC32)cc1Cl. The van der Waals surface area contributed by atoms with Gasteiger partial charge in [0.05, 0.1) is 22.7 Å². The second-order valence-corrected chi connectivity index (χ2v) is 5.86. The molecule has 1 aromatic rings. The van der Waals surface area contributed by atoms with E-state index in [2.05, 4.69) is 5.32 Å². The Balaban J connectivity index is 1.72. The summed E-state index contributed by atoms with van der Waals surface area (Å²) in [5, 5.41) is 3.69. The van der Waals surface area contributed by atoms with Crippen LogP contribution in [-0.4, -0.2) is 30.7 Å². The van der Waals surface area contributed by atoms with Crippen LogP contribution in [0.1, 0.15) is 23.2 Å². The number of rotatable bonds is 3. The number of primary amides is 1. The van der Waals surface area contributed by atoms with Gasteiger partial charge >= 0.3 is 0 Å². The zero-order valence-electron chi connectivity index (χ0n) is 11.0. The van der Waals surface area contributed by atoms with Crippen molar-refractivity contribution < 1.29 is 9.53 Å². The van der Waals surface area contributed by atoms with Gasteiger partial charge < -0.3 is 21.5 Å². The molecule has 5 nitrogen and oxygen atoms in total. The number of nitrogens with one attached hydrogen (secondary N) is 1. The second kappa shape index (κ2) is 5.24. The maximum absolute atomic E-state index is 11.1. The van der Waals surface area contributed by atoms with Gasteiger partial charge in [-0.25, -0.2) is 0 Å². The first kappa shape index (κ1) is 13.7. The number of hydrogen-bond acceptors (Lipinski definition) is 4. The van der Waals surface area contributed by atoms with Crippen molar-refractivity contribution in [3.05, 3.63) is 28.8 Å². The summed E-state index contributed by atoms with van der Waals surface area (Å²) in [6.45, 7) is 0.799. The van der Waals surface area contributed by atoms with Gasteiger partial charge in [0.1, 0.15) is 0 Å². The first-order chi connectivity index (χ1) is 9.58. The van der Waals surface area contributed by atoms with Gasteiger partial charge in [-0.3, -0.25) is 4.79 Å². The third kappa shape index (κ3) is 2.26. The maximum atomic E-state index is 11.1. The maximum Gasteiger partial charge on any atom is 0.250 e. The molecule has 0 bridgehead atoms. The molecule has 1 heterocycles.